The van der Waals surface area contributed by atoms with Crippen molar-refractivity contribution in [1.29, 1.82) is 0 Å². The quantitative estimate of drug-likeness (QED) is 0.670. The molecule has 1 heterocycles. The number of carbonyl (C=O) groups is 1. The number of carbonyl (C=O) groups excluding carboxylic acids is 1. The van der Waals surface area contributed by atoms with Gasteiger partial charge in [-0.3, -0.25) is 4.79 Å². The van der Waals surface area contributed by atoms with Crippen molar-refractivity contribution in [2.24, 2.45) is 0 Å². The molecule has 25 heavy (non-hydrogen) atoms. The lowest BCUT2D eigenvalue weighted by Gasteiger charge is -2.14. The number of halogens is 1. The van der Waals surface area contributed by atoms with Crippen LogP contribution in [0.3, 0.4) is 0 Å². The fourth-order valence-corrected chi connectivity index (χ4v) is 2.69. The maximum atomic E-state index is 12.1. The second-order valence-electron chi connectivity index (χ2n) is 5.72. The Morgan fingerprint density at radius 2 is 1.88 bits per heavy atom. The van der Waals surface area contributed by atoms with Crippen molar-refractivity contribution < 1.29 is 9.32 Å². The van der Waals surface area contributed by atoms with Crippen LogP contribution in [0, 0.1) is 0 Å². The summed E-state index contributed by atoms with van der Waals surface area (Å²) in [4.78, 5) is 16.5. The molecule has 0 radical (unpaired) electrons. The van der Waals surface area contributed by atoms with Gasteiger partial charge in [0.25, 0.3) is 0 Å². The number of rotatable bonds is 6. The monoisotopic (exact) mass is 399 g/mol. The Hall–Kier alpha value is -2.47. The predicted molar refractivity (Wildman–Crippen MR) is 98.8 cm³/mol. The molecule has 5 nitrogen and oxygen atoms in total. The molecule has 0 aliphatic carbocycles. The molecule has 0 bridgehead atoms. The molecule has 1 atom stereocenters. The summed E-state index contributed by atoms with van der Waals surface area (Å²) in [7, 11) is 0. The van der Waals surface area contributed by atoms with Crippen LogP contribution in [0.2, 0.25) is 0 Å². The number of amides is 1. The summed E-state index contributed by atoms with van der Waals surface area (Å²) in [6.07, 6.45) is 0.718. The predicted octanol–water partition coefficient (Wildman–Crippen LogP) is 4.31. The van der Waals surface area contributed by atoms with Gasteiger partial charge in [-0.1, -0.05) is 63.6 Å². The van der Waals surface area contributed by atoms with E-state index in [2.05, 4.69) is 31.4 Å². The van der Waals surface area contributed by atoms with Crippen LogP contribution in [0.4, 0.5) is 0 Å². The molecule has 3 rings (SSSR count). The number of aromatic nitrogens is 2. The van der Waals surface area contributed by atoms with E-state index in [0.29, 0.717) is 24.6 Å². The minimum Gasteiger partial charge on any atom is -0.350 e. The van der Waals surface area contributed by atoms with Crippen LogP contribution in [0.1, 0.15) is 30.8 Å². The highest BCUT2D eigenvalue weighted by atomic mass is 79.9. The number of aryl methyl sites for hydroxylation is 1. The zero-order chi connectivity index (χ0) is 17.6. The number of nitrogens with zero attached hydrogens (tertiary/aromatic N) is 2. The van der Waals surface area contributed by atoms with Gasteiger partial charge in [-0.25, -0.2) is 0 Å². The molecule has 1 aromatic heterocycles. The molecule has 0 fully saturated rings. The van der Waals surface area contributed by atoms with Crippen LogP contribution < -0.4 is 5.32 Å². The van der Waals surface area contributed by atoms with Gasteiger partial charge in [0, 0.05) is 22.9 Å². The van der Waals surface area contributed by atoms with Gasteiger partial charge in [0.15, 0.2) is 0 Å². The Balaban J connectivity index is 1.52. The highest BCUT2D eigenvalue weighted by molar-refractivity contribution is 9.10. The first-order valence-corrected chi connectivity index (χ1v) is 8.84. The smallest absolute Gasteiger partial charge is 0.227 e. The third-order valence-corrected chi connectivity index (χ3v) is 4.34. The normalized spacial score (nSPS) is 11.9. The van der Waals surface area contributed by atoms with Crippen molar-refractivity contribution in [3.63, 3.8) is 0 Å². The maximum absolute atomic E-state index is 12.1. The summed E-state index contributed by atoms with van der Waals surface area (Å²) in [6.45, 7) is 1.96. The summed E-state index contributed by atoms with van der Waals surface area (Å²) in [5, 5.41) is 6.94. The summed E-state index contributed by atoms with van der Waals surface area (Å²) in [5.74, 6) is 0.958. The first-order valence-electron chi connectivity index (χ1n) is 8.04. The van der Waals surface area contributed by atoms with E-state index in [1.807, 2.05) is 61.5 Å². The highest BCUT2D eigenvalue weighted by Crippen LogP contribution is 2.17. The lowest BCUT2D eigenvalue weighted by Crippen LogP contribution is -2.26. The van der Waals surface area contributed by atoms with Gasteiger partial charge in [0.05, 0.1) is 6.04 Å². The first-order chi connectivity index (χ1) is 12.1. The second kappa shape index (κ2) is 8.07. The zero-order valence-electron chi connectivity index (χ0n) is 13.8. The lowest BCUT2D eigenvalue weighted by atomic mass is 10.1. The molecule has 6 heteroatoms. The van der Waals surface area contributed by atoms with Gasteiger partial charge < -0.3 is 9.84 Å². The molecule has 3 aromatic rings. The minimum atomic E-state index is -0.0526. The fraction of sp³-hybridized carbons (Fsp3) is 0.211. The largest absolute Gasteiger partial charge is 0.350 e. The van der Waals surface area contributed by atoms with E-state index < -0.39 is 0 Å². The molecule has 1 amide bonds. The molecule has 2 aromatic carbocycles. The summed E-state index contributed by atoms with van der Waals surface area (Å²) < 4.78 is 6.24. The Kier molecular flexibility index (Phi) is 5.60. The highest BCUT2D eigenvalue weighted by Gasteiger charge is 2.13. The average Bonchev–Trinajstić information content (AvgIpc) is 3.10. The van der Waals surface area contributed by atoms with Crippen molar-refractivity contribution in [3.8, 4) is 11.4 Å². The average molecular weight is 400 g/mol. The van der Waals surface area contributed by atoms with E-state index in [-0.39, 0.29) is 11.9 Å². The third-order valence-electron chi connectivity index (χ3n) is 3.81. The van der Waals surface area contributed by atoms with E-state index >= 15 is 0 Å². The van der Waals surface area contributed by atoms with Gasteiger partial charge in [-0.2, -0.15) is 4.98 Å². The van der Waals surface area contributed by atoms with Crippen molar-refractivity contribution in [2.45, 2.75) is 25.8 Å². The van der Waals surface area contributed by atoms with Crippen LogP contribution in [0.15, 0.2) is 63.6 Å². The van der Waals surface area contributed by atoms with Crippen LogP contribution in [0.25, 0.3) is 11.4 Å². The van der Waals surface area contributed by atoms with E-state index in [4.69, 9.17) is 4.52 Å². The van der Waals surface area contributed by atoms with Crippen LogP contribution in [0.5, 0.6) is 0 Å². The van der Waals surface area contributed by atoms with Crippen molar-refractivity contribution in [1.82, 2.24) is 15.5 Å². The second-order valence-corrected chi connectivity index (χ2v) is 6.63. The molecular weight excluding hydrogens is 382 g/mol. The Morgan fingerprint density at radius 3 is 2.60 bits per heavy atom. The molecule has 1 N–H and O–H groups in total. The number of benzene rings is 2. The SMILES string of the molecule is C[C@@H](NC(=O)CCc1nc(-c2ccccc2)no1)c1ccc(Br)cc1. The third kappa shape index (κ3) is 4.76. The standard InChI is InChI=1S/C19H18BrN3O2/c1-13(14-7-9-16(20)10-8-14)21-17(24)11-12-18-22-19(23-25-18)15-5-3-2-4-6-15/h2-10,13H,11-12H2,1H3,(H,21,24)/t13-/m1/s1. The van der Waals surface area contributed by atoms with Crippen molar-refractivity contribution in [3.05, 3.63) is 70.5 Å². The molecule has 128 valence electrons. The Morgan fingerprint density at radius 1 is 1.16 bits per heavy atom. The Labute approximate surface area is 154 Å². The maximum Gasteiger partial charge on any atom is 0.227 e. The molecule has 0 unspecified atom stereocenters. The lowest BCUT2D eigenvalue weighted by molar-refractivity contribution is -0.121. The van der Waals surface area contributed by atoms with Gasteiger partial charge in [0.2, 0.25) is 17.6 Å². The minimum absolute atomic E-state index is 0.0464. The summed E-state index contributed by atoms with van der Waals surface area (Å²) in [6, 6.07) is 17.4. The van der Waals surface area contributed by atoms with Gasteiger partial charge >= 0.3 is 0 Å². The van der Waals surface area contributed by atoms with Gasteiger partial charge in [0.1, 0.15) is 0 Å². The van der Waals surface area contributed by atoms with E-state index in [1.165, 1.54) is 0 Å². The van der Waals surface area contributed by atoms with Crippen molar-refractivity contribution >= 4 is 21.8 Å². The van der Waals surface area contributed by atoms with Gasteiger partial charge in [-0.15, -0.1) is 0 Å². The summed E-state index contributed by atoms with van der Waals surface area (Å²) in [5.41, 5.74) is 1.95. The van der Waals surface area contributed by atoms with E-state index in [1.54, 1.807) is 0 Å². The molecule has 0 saturated carbocycles. The summed E-state index contributed by atoms with van der Waals surface area (Å²) >= 11 is 3.40. The van der Waals surface area contributed by atoms with Crippen LogP contribution >= 0.6 is 15.9 Å². The Bertz CT molecular complexity index is 831. The van der Waals surface area contributed by atoms with Crippen molar-refractivity contribution in [2.75, 3.05) is 0 Å². The van der Waals surface area contributed by atoms with E-state index in [9.17, 15) is 4.79 Å². The molecular formula is C19H18BrN3O2. The number of hydrogen-bond acceptors (Lipinski definition) is 4. The van der Waals surface area contributed by atoms with Crippen LogP contribution in [-0.4, -0.2) is 16.0 Å². The first kappa shape index (κ1) is 17.4. The van der Waals surface area contributed by atoms with E-state index in [0.717, 1.165) is 15.6 Å². The van der Waals surface area contributed by atoms with Crippen LogP contribution in [-0.2, 0) is 11.2 Å². The fourth-order valence-electron chi connectivity index (χ4n) is 2.43. The zero-order valence-corrected chi connectivity index (χ0v) is 15.4. The van der Waals surface area contributed by atoms with Gasteiger partial charge in [-0.05, 0) is 24.6 Å². The molecule has 0 aliphatic rings. The number of hydrogen-bond donors (Lipinski definition) is 1. The number of nitrogens with one attached hydrogen (secondary N) is 1. The topological polar surface area (TPSA) is 68.0 Å². The molecule has 0 aliphatic heterocycles. The molecule has 0 spiro atoms. The molecule has 0 saturated heterocycles.